The molecule has 0 aliphatic carbocycles. The maximum Gasteiger partial charge on any atom is 0.261 e. The highest BCUT2D eigenvalue weighted by molar-refractivity contribution is 9.12. The summed E-state index contributed by atoms with van der Waals surface area (Å²) in [6.45, 7) is 3.26. The minimum Gasteiger partial charge on any atom is -0.290 e. The van der Waals surface area contributed by atoms with Crippen LogP contribution in [0.2, 0.25) is 0 Å². The number of carbonyl (C=O) groups is 1. The number of benzene rings is 1. The Labute approximate surface area is 114 Å². The summed E-state index contributed by atoms with van der Waals surface area (Å²) in [5, 5.41) is 0. The van der Waals surface area contributed by atoms with Crippen LogP contribution >= 0.6 is 27.5 Å². The third-order valence-electron chi connectivity index (χ3n) is 2.32. The molecule has 6 heteroatoms. The van der Waals surface area contributed by atoms with Crippen molar-refractivity contribution in [2.75, 3.05) is 5.75 Å². The van der Waals surface area contributed by atoms with E-state index in [1.54, 1.807) is 18.2 Å². The number of ketones is 1. The van der Waals surface area contributed by atoms with Crippen molar-refractivity contribution in [2.45, 2.75) is 17.0 Å². The first kappa shape index (κ1) is 14.7. The van der Waals surface area contributed by atoms with Crippen molar-refractivity contribution in [3.63, 3.8) is 0 Å². The van der Waals surface area contributed by atoms with E-state index in [0.717, 1.165) is 5.56 Å². The number of carbonyl (C=O) groups excluding carboxylic acids is 1. The average molecular weight is 340 g/mol. The van der Waals surface area contributed by atoms with Crippen LogP contribution < -0.4 is 0 Å². The Morgan fingerprint density at radius 3 is 2.53 bits per heavy atom. The molecular weight excluding hydrogens is 328 g/mol. The first-order chi connectivity index (χ1) is 7.72. The summed E-state index contributed by atoms with van der Waals surface area (Å²) < 4.78 is 21.4. The first-order valence-electron chi connectivity index (χ1n) is 4.94. The minimum absolute atomic E-state index is 0.209. The van der Waals surface area contributed by atoms with Crippen LogP contribution in [0.4, 0.5) is 0 Å². The van der Waals surface area contributed by atoms with Crippen LogP contribution in [0.5, 0.6) is 0 Å². The Morgan fingerprint density at radius 1 is 1.47 bits per heavy atom. The molecule has 0 amide bonds. The van der Waals surface area contributed by atoms with Gasteiger partial charge in [-0.2, -0.15) is 0 Å². The molecule has 94 valence electrons. The third-order valence-corrected chi connectivity index (χ3v) is 6.76. The molecule has 0 saturated heterocycles. The molecule has 0 aromatic heterocycles. The lowest BCUT2D eigenvalue weighted by molar-refractivity contribution is 0.1000. The number of hydrogen-bond donors (Lipinski definition) is 0. The summed E-state index contributed by atoms with van der Waals surface area (Å²) in [6.07, 6.45) is 0. The second-order valence-electron chi connectivity index (χ2n) is 3.62. The Morgan fingerprint density at radius 2 is 2.06 bits per heavy atom. The van der Waals surface area contributed by atoms with Crippen LogP contribution in [0.15, 0.2) is 24.3 Å². The van der Waals surface area contributed by atoms with E-state index in [-0.39, 0.29) is 11.3 Å². The molecule has 1 rings (SSSR count). The largest absolute Gasteiger partial charge is 0.290 e. The monoisotopic (exact) mass is 338 g/mol. The van der Waals surface area contributed by atoms with E-state index in [1.165, 1.54) is 6.92 Å². The van der Waals surface area contributed by atoms with Crippen LogP contribution in [0, 0.1) is 6.92 Å². The lowest BCUT2D eigenvalue weighted by Crippen LogP contribution is -2.36. The summed E-state index contributed by atoms with van der Waals surface area (Å²) >= 11 is 8.66. The highest BCUT2D eigenvalue weighted by atomic mass is 79.9. The number of aryl methyl sites for hydroxylation is 1. The fourth-order valence-corrected chi connectivity index (χ4v) is 3.39. The first-order valence-corrected chi connectivity index (χ1v) is 7.76. The number of rotatable bonds is 4. The Bertz CT molecular complexity index is 537. The van der Waals surface area contributed by atoms with Crippen LogP contribution in [0.25, 0.3) is 0 Å². The molecule has 1 aromatic rings. The quantitative estimate of drug-likeness (QED) is 0.626. The molecule has 0 heterocycles. The fraction of sp³-hybridized carbons (Fsp3) is 0.364. The maximum atomic E-state index is 12.1. The molecule has 3 nitrogen and oxygen atoms in total. The highest BCUT2D eigenvalue weighted by Gasteiger charge is 2.45. The van der Waals surface area contributed by atoms with Crippen molar-refractivity contribution in [3.05, 3.63) is 35.4 Å². The number of alkyl halides is 2. The molecule has 0 bridgehead atoms. The summed E-state index contributed by atoms with van der Waals surface area (Å²) in [7, 11) is -3.73. The van der Waals surface area contributed by atoms with Gasteiger partial charge < -0.3 is 0 Å². The van der Waals surface area contributed by atoms with Crippen LogP contribution in [0.3, 0.4) is 0 Å². The molecule has 1 aromatic carbocycles. The summed E-state index contributed by atoms with van der Waals surface area (Å²) in [4.78, 5) is 12.1. The van der Waals surface area contributed by atoms with E-state index in [1.807, 2.05) is 13.0 Å². The van der Waals surface area contributed by atoms with Gasteiger partial charge in [-0.3, -0.25) is 4.79 Å². The van der Waals surface area contributed by atoms with E-state index in [4.69, 9.17) is 11.6 Å². The van der Waals surface area contributed by atoms with Gasteiger partial charge in [0.2, 0.25) is 5.78 Å². The summed E-state index contributed by atoms with van der Waals surface area (Å²) in [5.41, 5.74) is 1.14. The van der Waals surface area contributed by atoms with Gasteiger partial charge in [-0.15, -0.1) is 0 Å². The molecule has 0 fully saturated rings. The molecular formula is C11H12BrClO3S. The van der Waals surface area contributed by atoms with Gasteiger partial charge in [0, 0.05) is 5.56 Å². The molecule has 0 aliphatic heterocycles. The SMILES string of the molecule is CCS(=O)(=O)[C@](Cl)(Br)C(=O)c1cccc(C)c1. The van der Waals surface area contributed by atoms with Crippen LogP contribution in [-0.4, -0.2) is 23.1 Å². The topological polar surface area (TPSA) is 51.2 Å². The highest BCUT2D eigenvalue weighted by Crippen LogP contribution is 2.35. The van der Waals surface area contributed by atoms with Gasteiger partial charge in [0.15, 0.2) is 9.84 Å². The standard InChI is InChI=1S/C11H12BrClO3S/c1-3-17(15,16)11(12,13)10(14)9-6-4-5-8(2)7-9/h4-7H,3H2,1-2H3/t11-/m0/s1. The lowest BCUT2D eigenvalue weighted by atomic mass is 10.1. The molecule has 0 aliphatic rings. The zero-order valence-electron chi connectivity index (χ0n) is 9.41. The van der Waals surface area contributed by atoms with E-state index in [0.29, 0.717) is 0 Å². The van der Waals surface area contributed by atoms with Crippen molar-refractivity contribution in [1.29, 1.82) is 0 Å². The Kier molecular flexibility index (Phi) is 4.38. The van der Waals surface area contributed by atoms with E-state index in [2.05, 4.69) is 15.9 Å². The van der Waals surface area contributed by atoms with Crippen molar-refractivity contribution in [3.8, 4) is 0 Å². The third kappa shape index (κ3) is 2.89. The number of halogens is 2. The minimum atomic E-state index is -3.73. The molecule has 0 saturated carbocycles. The van der Waals surface area contributed by atoms with Crippen LogP contribution in [0.1, 0.15) is 22.8 Å². The smallest absolute Gasteiger partial charge is 0.261 e. The molecule has 0 unspecified atom stereocenters. The van der Waals surface area contributed by atoms with Crippen molar-refractivity contribution in [1.82, 2.24) is 0 Å². The molecule has 0 N–H and O–H groups in total. The second kappa shape index (κ2) is 5.08. The zero-order chi connectivity index (χ0) is 13.3. The number of sulfone groups is 1. The van der Waals surface area contributed by atoms with Crippen molar-refractivity contribution >= 4 is 43.2 Å². The zero-order valence-corrected chi connectivity index (χ0v) is 12.6. The fourth-order valence-electron chi connectivity index (χ4n) is 1.28. The maximum absolute atomic E-state index is 12.1. The van der Waals surface area contributed by atoms with E-state index < -0.39 is 18.7 Å². The Hall–Kier alpha value is -0.390. The van der Waals surface area contributed by atoms with E-state index >= 15 is 0 Å². The van der Waals surface area contributed by atoms with Crippen LogP contribution in [-0.2, 0) is 9.84 Å². The number of Topliss-reactive ketones (excluding diaryl/α,β-unsaturated/α-hetero) is 1. The molecule has 17 heavy (non-hydrogen) atoms. The van der Waals surface area contributed by atoms with Crippen molar-refractivity contribution < 1.29 is 13.2 Å². The molecule has 1 atom stereocenters. The van der Waals surface area contributed by atoms with Gasteiger partial charge >= 0.3 is 0 Å². The normalized spacial score (nSPS) is 15.3. The van der Waals surface area contributed by atoms with Gasteiger partial charge in [0.25, 0.3) is 3.12 Å². The van der Waals surface area contributed by atoms with Gasteiger partial charge in [-0.1, -0.05) is 42.3 Å². The molecule has 0 radical (unpaired) electrons. The van der Waals surface area contributed by atoms with E-state index in [9.17, 15) is 13.2 Å². The Balaban J connectivity index is 3.23. The van der Waals surface area contributed by atoms with Gasteiger partial charge in [-0.25, -0.2) is 8.42 Å². The average Bonchev–Trinajstić information content (AvgIpc) is 2.27. The predicted molar refractivity (Wildman–Crippen MR) is 72.5 cm³/mol. The molecule has 0 spiro atoms. The number of hydrogen-bond acceptors (Lipinski definition) is 3. The van der Waals surface area contributed by atoms with Crippen molar-refractivity contribution in [2.24, 2.45) is 0 Å². The van der Waals surface area contributed by atoms with Gasteiger partial charge in [-0.05, 0) is 28.9 Å². The lowest BCUT2D eigenvalue weighted by Gasteiger charge is -2.18. The summed E-state index contributed by atoms with van der Waals surface area (Å²) in [6, 6.07) is 6.64. The second-order valence-corrected chi connectivity index (χ2v) is 9.00. The van der Waals surface area contributed by atoms with Gasteiger partial charge in [0.1, 0.15) is 0 Å². The van der Waals surface area contributed by atoms with Gasteiger partial charge in [0.05, 0.1) is 5.75 Å². The predicted octanol–water partition coefficient (Wildman–Crippen LogP) is 2.90. The summed E-state index contributed by atoms with van der Waals surface area (Å²) in [5.74, 6) is -0.871.